The Morgan fingerprint density at radius 2 is 2.14 bits per heavy atom. The molecule has 1 amide bonds. The van der Waals surface area contributed by atoms with Crippen LogP contribution in [0.25, 0.3) is 0 Å². The maximum atomic E-state index is 10.7. The van der Waals surface area contributed by atoms with Gasteiger partial charge in [-0.2, -0.15) is 5.10 Å². The fraction of sp³-hybridized carbons (Fsp3) is 0.222. The van der Waals surface area contributed by atoms with E-state index in [9.17, 15) is 4.79 Å². The van der Waals surface area contributed by atoms with E-state index in [4.69, 9.17) is 0 Å². The van der Waals surface area contributed by atoms with E-state index in [0.29, 0.717) is 5.71 Å². The average molecular weight is 193 g/mol. The molecule has 74 valence electrons. The molecule has 1 rings (SSSR count). The molecular formula is C9H11N3O2. The first-order valence-corrected chi connectivity index (χ1v) is 4.02. The van der Waals surface area contributed by atoms with Gasteiger partial charge in [-0.05, 0) is 19.1 Å². The number of pyridine rings is 1. The number of nitrogens with zero attached hydrogens (tertiary/aromatic N) is 2. The summed E-state index contributed by atoms with van der Waals surface area (Å²) in [5.74, 6) is 0. The Morgan fingerprint density at radius 1 is 1.50 bits per heavy atom. The van der Waals surface area contributed by atoms with Gasteiger partial charge in [0.1, 0.15) is 0 Å². The molecule has 0 saturated carbocycles. The van der Waals surface area contributed by atoms with E-state index >= 15 is 0 Å². The van der Waals surface area contributed by atoms with Crippen molar-refractivity contribution in [1.29, 1.82) is 0 Å². The molecule has 1 aromatic rings. The third-order valence-corrected chi connectivity index (χ3v) is 1.60. The molecule has 0 saturated heterocycles. The lowest BCUT2D eigenvalue weighted by Gasteiger charge is -2.00. The van der Waals surface area contributed by atoms with Crippen LogP contribution in [0.15, 0.2) is 29.6 Å². The average Bonchev–Trinajstić information content (AvgIpc) is 2.26. The Labute approximate surface area is 81.8 Å². The summed E-state index contributed by atoms with van der Waals surface area (Å²) in [7, 11) is 1.28. The molecular weight excluding hydrogens is 182 g/mol. The summed E-state index contributed by atoms with van der Waals surface area (Å²) in [5, 5.41) is 3.83. The van der Waals surface area contributed by atoms with Crippen LogP contribution in [-0.4, -0.2) is 23.9 Å². The molecule has 0 aliphatic rings. The topological polar surface area (TPSA) is 63.6 Å². The summed E-state index contributed by atoms with van der Waals surface area (Å²) in [6, 6.07) is 3.61. The van der Waals surface area contributed by atoms with Crippen LogP contribution in [0.3, 0.4) is 0 Å². The van der Waals surface area contributed by atoms with Crippen LogP contribution in [0.1, 0.15) is 12.5 Å². The number of nitrogens with one attached hydrogen (secondary N) is 1. The summed E-state index contributed by atoms with van der Waals surface area (Å²) >= 11 is 0. The molecule has 5 nitrogen and oxygen atoms in total. The maximum absolute atomic E-state index is 10.7. The zero-order valence-electron chi connectivity index (χ0n) is 8.02. The largest absolute Gasteiger partial charge is 0.452 e. The van der Waals surface area contributed by atoms with Crippen molar-refractivity contribution in [3.05, 3.63) is 30.1 Å². The molecule has 0 bridgehead atoms. The van der Waals surface area contributed by atoms with Crippen molar-refractivity contribution in [3.8, 4) is 0 Å². The number of amides is 1. The minimum atomic E-state index is -0.585. The van der Waals surface area contributed by atoms with Crippen LogP contribution in [0.4, 0.5) is 4.79 Å². The van der Waals surface area contributed by atoms with Gasteiger partial charge in [-0.15, -0.1) is 0 Å². The second-order valence-electron chi connectivity index (χ2n) is 2.54. The molecule has 0 spiro atoms. The number of rotatable bonds is 2. The molecule has 0 aliphatic heterocycles. The molecule has 0 fully saturated rings. The third kappa shape index (κ3) is 2.85. The number of methoxy groups -OCH3 is 1. The van der Waals surface area contributed by atoms with Crippen molar-refractivity contribution in [2.75, 3.05) is 7.11 Å². The van der Waals surface area contributed by atoms with Gasteiger partial charge in [-0.25, -0.2) is 10.2 Å². The van der Waals surface area contributed by atoms with Crippen molar-refractivity contribution in [2.24, 2.45) is 5.10 Å². The van der Waals surface area contributed by atoms with E-state index in [0.717, 1.165) is 5.56 Å². The zero-order chi connectivity index (χ0) is 10.4. The highest BCUT2D eigenvalue weighted by atomic mass is 16.5. The fourth-order valence-corrected chi connectivity index (χ4v) is 0.833. The normalized spacial score (nSPS) is 10.9. The first-order valence-electron chi connectivity index (χ1n) is 4.02. The summed E-state index contributed by atoms with van der Waals surface area (Å²) in [5.41, 5.74) is 3.83. The Hall–Kier alpha value is -1.91. The van der Waals surface area contributed by atoms with Crippen molar-refractivity contribution in [1.82, 2.24) is 10.4 Å². The first kappa shape index (κ1) is 10.2. The van der Waals surface area contributed by atoms with Gasteiger partial charge in [0.2, 0.25) is 0 Å². The number of hydrazone groups is 1. The number of aromatic nitrogens is 1. The summed E-state index contributed by atoms with van der Waals surface area (Å²) in [6.45, 7) is 1.78. The van der Waals surface area contributed by atoms with Crippen molar-refractivity contribution >= 4 is 11.8 Å². The van der Waals surface area contributed by atoms with E-state index in [1.165, 1.54) is 7.11 Å². The van der Waals surface area contributed by atoms with Crippen molar-refractivity contribution < 1.29 is 9.53 Å². The summed E-state index contributed by atoms with van der Waals surface area (Å²) < 4.78 is 4.37. The van der Waals surface area contributed by atoms with Gasteiger partial charge >= 0.3 is 6.09 Å². The van der Waals surface area contributed by atoms with Crippen LogP contribution in [0.2, 0.25) is 0 Å². The van der Waals surface area contributed by atoms with Gasteiger partial charge in [0, 0.05) is 18.0 Å². The summed E-state index contributed by atoms with van der Waals surface area (Å²) in [4.78, 5) is 14.6. The second-order valence-corrected chi connectivity index (χ2v) is 2.54. The smallest absolute Gasteiger partial charge is 0.427 e. The lowest BCUT2D eigenvalue weighted by atomic mass is 10.2. The number of hydrogen-bond donors (Lipinski definition) is 1. The predicted octanol–water partition coefficient (Wildman–Crippen LogP) is 1.16. The van der Waals surface area contributed by atoms with Crippen LogP contribution < -0.4 is 5.43 Å². The van der Waals surface area contributed by atoms with E-state index in [-0.39, 0.29) is 0 Å². The Balaban J connectivity index is 2.66. The molecule has 1 N–H and O–H groups in total. The lowest BCUT2D eigenvalue weighted by Crippen LogP contribution is -2.18. The highest BCUT2D eigenvalue weighted by molar-refractivity contribution is 5.98. The number of carbonyl (C=O) groups excluding carboxylic acids is 1. The fourth-order valence-electron chi connectivity index (χ4n) is 0.833. The standard InChI is InChI=1S/C9H11N3O2/c1-7(11-12-9(13)14-2)8-3-5-10-6-4-8/h3-6H,1-2H3,(H,12,13)/b11-7+. The highest BCUT2D eigenvalue weighted by Gasteiger charge is 1.98. The quantitative estimate of drug-likeness (QED) is 0.566. The van der Waals surface area contributed by atoms with Crippen LogP contribution in [0, 0.1) is 0 Å². The third-order valence-electron chi connectivity index (χ3n) is 1.60. The SMILES string of the molecule is COC(=O)N/N=C(\C)c1ccncc1. The molecule has 0 atom stereocenters. The molecule has 0 aromatic carbocycles. The highest BCUT2D eigenvalue weighted by Crippen LogP contribution is 1.97. The van der Waals surface area contributed by atoms with Gasteiger partial charge < -0.3 is 4.74 Å². The van der Waals surface area contributed by atoms with Gasteiger partial charge in [0.05, 0.1) is 12.8 Å². The maximum Gasteiger partial charge on any atom is 0.427 e. The number of carbonyl (C=O) groups is 1. The first-order chi connectivity index (χ1) is 6.74. The minimum absolute atomic E-state index is 0.585. The molecule has 0 aliphatic carbocycles. The van der Waals surface area contributed by atoms with E-state index in [2.05, 4.69) is 20.2 Å². The predicted molar refractivity (Wildman–Crippen MR) is 52.0 cm³/mol. The van der Waals surface area contributed by atoms with Crippen molar-refractivity contribution in [3.63, 3.8) is 0 Å². The molecule has 5 heteroatoms. The van der Waals surface area contributed by atoms with Crippen LogP contribution in [0.5, 0.6) is 0 Å². The Morgan fingerprint density at radius 3 is 2.71 bits per heavy atom. The Bertz CT molecular complexity index is 335. The summed E-state index contributed by atoms with van der Waals surface area (Å²) in [6.07, 6.45) is 2.73. The zero-order valence-corrected chi connectivity index (χ0v) is 8.02. The van der Waals surface area contributed by atoms with Crippen LogP contribution >= 0.6 is 0 Å². The van der Waals surface area contributed by atoms with Gasteiger partial charge in [-0.3, -0.25) is 4.98 Å². The van der Waals surface area contributed by atoms with Crippen molar-refractivity contribution in [2.45, 2.75) is 6.92 Å². The molecule has 0 radical (unpaired) electrons. The molecule has 14 heavy (non-hydrogen) atoms. The molecule has 1 aromatic heterocycles. The van der Waals surface area contributed by atoms with Gasteiger partial charge in [0.15, 0.2) is 0 Å². The Kier molecular flexibility index (Phi) is 3.60. The monoisotopic (exact) mass is 193 g/mol. The second kappa shape index (κ2) is 4.96. The molecule has 1 heterocycles. The number of hydrogen-bond acceptors (Lipinski definition) is 4. The van der Waals surface area contributed by atoms with Crippen LogP contribution in [-0.2, 0) is 4.74 Å². The lowest BCUT2D eigenvalue weighted by molar-refractivity contribution is 0.171. The minimum Gasteiger partial charge on any atom is -0.452 e. The van der Waals surface area contributed by atoms with Gasteiger partial charge in [0.25, 0.3) is 0 Å². The van der Waals surface area contributed by atoms with E-state index in [1.54, 1.807) is 31.5 Å². The van der Waals surface area contributed by atoms with E-state index in [1.807, 2.05) is 0 Å². The van der Waals surface area contributed by atoms with Gasteiger partial charge in [-0.1, -0.05) is 0 Å². The number of ether oxygens (including phenoxy) is 1. The van der Waals surface area contributed by atoms with E-state index < -0.39 is 6.09 Å². The molecule has 0 unspecified atom stereocenters.